The molecule has 1 atom stereocenters. The fourth-order valence-corrected chi connectivity index (χ4v) is 2.48. The molecule has 0 saturated carbocycles. The molecule has 0 aliphatic carbocycles. The maximum atomic E-state index is 6.22. The van der Waals surface area contributed by atoms with Crippen LogP contribution in [0.1, 0.15) is 24.1 Å². The third-order valence-corrected chi connectivity index (χ3v) is 3.69. The Morgan fingerprint density at radius 1 is 1.39 bits per heavy atom. The standard InChI is InChI=1S/C16H22ClN5.HI/c1-12-10-20-22(11-12)9-8-19-16(18-3)21-13(2)14-6-4-5-7-15(14)17;/h4-7,10-11,13H,8-9H2,1-3H3,(H2,18,19,21);1H. The molecule has 23 heavy (non-hydrogen) atoms. The fraction of sp³-hybridized carbons (Fsp3) is 0.375. The van der Waals surface area contributed by atoms with E-state index in [0.717, 1.165) is 35.2 Å². The van der Waals surface area contributed by atoms with Gasteiger partial charge in [-0.05, 0) is 31.0 Å². The Morgan fingerprint density at radius 2 is 2.13 bits per heavy atom. The van der Waals surface area contributed by atoms with Gasteiger partial charge in [-0.15, -0.1) is 24.0 Å². The predicted molar refractivity (Wildman–Crippen MR) is 107 cm³/mol. The Morgan fingerprint density at radius 3 is 2.74 bits per heavy atom. The van der Waals surface area contributed by atoms with Crippen molar-refractivity contribution in [2.45, 2.75) is 26.4 Å². The van der Waals surface area contributed by atoms with Crippen LogP contribution in [-0.4, -0.2) is 29.3 Å². The first-order chi connectivity index (χ1) is 10.6. The van der Waals surface area contributed by atoms with Gasteiger partial charge >= 0.3 is 0 Å². The van der Waals surface area contributed by atoms with Crippen molar-refractivity contribution >= 4 is 41.5 Å². The second kappa shape index (κ2) is 9.77. The molecule has 5 nitrogen and oxygen atoms in total. The van der Waals surface area contributed by atoms with Gasteiger partial charge in [-0.2, -0.15) is 5.10 Å². The molecule has 1 unspecified atom stereocenters. The zero-order valence-electron chi connectivity index (χ0n) is 13.6. The monoisotopic (exact) mass is 447 g/mol. The van der Waals surface area contributed by atoms with E-state index < -0.39 is 0 Å². The number of nitrogens with one attached hydrogen (secondary N) is 2. The second-order valence-corrected chi connectivity index (χ2v) is 5.57. The van der Waals surface area contributed by atoms with E-state index >= 15 is 0 Å². The van der Waals surface area contributed by atoms with Crippen LogP contribution >= 0.6 is 35.6 Å². The molecular weight excluding hydrogens is 425 g/mol. The van der Waals surface area contributed by atoms with E-state index in [1.54, 1.807) is 7.05 Å². The van der Waals surface area contributed by atoms with Crippen molar-refractivity contribution in [1.29, 1.82) is 0 Å². The highest BCUT2D eigenvalue weighted by Gasteiger charge is 2.10. The molecule has 0 aliphatic rings. The average Bonchev–Trinajstić information content (AvgIpc) is 2.92. The molecule has 1 aromatic carbocycles. The summed E-state index contributed by atoms with van der Waals surface area (Å²) in [6.07, 6.45) is 3.87. The van der Waals surface area contributed by atoms with Crippen molar-refractivity contribution in [3.8, 4) is 0 Å². The summed E-state index contributed by atoms with van der Waals surface area (Å²) in [5, 5.41) is 11.6. The third-order valence-electron chi connectivity index (χ3n) is 3.34. The Balaban J connectivity index is 0.00000264. The van der Waals surface area contributed by atoms with Gasteiger partial charge in [0, 0.05) is 24.8 Å². The lowest BCUT2D eigenvalue weighted by Gasteiger charge is -2.19. The molecule has 7 heteroatoms. The van der Waals surface area contributed by atoms with E-state index in [2.05, 4.69) is 27.6 Å². The average molecular weight is 448 g/mol. The van der Waals surface area contributed by atoms with Crippen LogP contribution in [0.25, 0.3) is 0 Å². The zero-order chi connectivity index (χ0) is 15.9. The van der Waals surface area contributed by atoms with Crippen molar-refractivity contribution in [2.75, 3.05) is 13.6 Å². The summed E-state index contributed by atoms with van der Waals surface area (Å²) < 4.78 is 1.91. The van der Waals surface area contributed by atoms with Gasteiger partial charge in [0.25, 0.3) is 0 Å². The van der Waals surface area contributed by atoms with E-state index in [-0.39, 0.29) is 30.0 Å². The van der Waals surface area contributed by atoms with Crippen molar-refractivity contribution in [1.82, 2.24) is 20.4 Å². The number of benzene rings is 1. The highest BCUT2D eigenvalue weighted by Crippen LogP contribution is 2.21. The minimum Gasteiger partial charge on any atom is -0.355 e. The van der Waals surface area contributed by atoms with Gasteiger partial charge in [-0.3, -0.25) is 9.67 Å². The maximum Gasteiger partial charge on any atom is 0.191 e. The van der Waals surface area contributed by atoms with Gasteiger partial charge in [0.05, 0.1) is 18.8 Å². The van der Waals surface area contributed by atoms with Gasteiger partial charge in [0.15, 0.2) is 5.96 Å². The van der Waals surface area contributed by atoms with Crippen LogP contribution in [-0.2, 0) is 6.54 Å². The summed E-state index contributed by atoms with van der Waals surface area (Å²) in [6.45, 7) is 5.62. The minimum absolute atomic E-state index is 0. The summed E-state index contributed by atoms with van der Waals surface area (Å²) in [6, 6.07) is 7.89. The van der Waals surface area contributed by atoms with Crippen LogP contribution in [0.4, 0.5) is 0 Å². The van der Waals surface area contributed by atoms with Crippen LogP contribution in [0, 0.1) is 6.92 Å². The third kappa shape index (κ3) is 6.02. The Bertz CT molecular complexity index is 641. The number of aromatic nitrogens is 2. The number of aliphatic imine (C=N–C) groups is 1. The Hall–Kier alpha value is -1.28. The maximum absolute atomic E-state index is 6.22. The summed E-state index contributed by atoms with van der Waals surface area (Å²) in [5.41, 5.74) is 2.21. The molecule has 2 rings (SSSR count). The van der Waals surface area contributed by atoms with Gasteiger partial charge in [-0.1, -0.05) is 29.8 Å². The molecule has 0 fully saturated rings. The van der Waals surface area contributed by atoms with Gasteiger partial charge in [0.2, 0.25) is 0 Å². The van der Waals surface area contributed by atoms with Gasteiger partial charge in [0.1, 0.15) is 0 Å². The van der Waals surface area contributed by atoms with Crippen LogP contribution < -0.4 is 10.6 Å². The first kappa shape index (κ1) is 19.8. The van der Waals surface area contributed by atoms with Crippen LogP contribution in [0.15, 0.2) is 41.7 Å². The lowest BCUT2D eigenvalue weighted by Crippen LogP contribution is -2.40. The minimum atomic E-state index is 0. The lowest BCUT2D eigenvalue weighted by molar-refractivity contribution is 0.591. The largest absolute Gasteiger partial charge is 0.355 e. The normalized spacial score (nSPS) is 12.4. The van der Waals surface area contributed by atoms with E-state index in [0.29, 0.717) is 0 Å². The van der Waals surface area contributed by atoms with Gasteiger partial charge in [-0.25, -0.2) is 0 Å². The second-order valence-electron chi connectivity index (χ2n) is 5.17. The first-order valence-corrected chi connectivity index (χ1v) is 7.68. The number of hydrogen-bond donors (Lipinski definition) is 2. The van der Waals surface area contributed by atoms with Crippen LogP contribution in [0.2, 0.25) is 5.02 Å². The van der Waals surface area contributed by atoms with Crippen LogP contribution in [0.3, 0.4) is 0 Å². The summed E-state index contributed by atoms with van der Waals surface area (Å²) in [5.74, 6) is 0.747. The molecule has 0 spiro atoms. The number of halogens is 2. The summed E-state index contributed by atoms with van der Waals surface area (Å²) >= 11 is 6.22. The highest BCUT2D eigenvalue weighted by atomic mass is 127. The smallest absolute Gasteiger partial charge is 0.191 e. The summed E-state index contributed by atoms with van der Waals surface area (Å²) in [4.78, 5) is 4.24. The quantitative estimate of drug-likeness (QED) is 0.420. The van der Waals surface area contributed by atoms with Gasteiger partial charge < -0.3 is 10.6 Å². The molecule has 0 saturated heterocycles. The molecule has 2 N–H and O–H groups in total. The molecule has 0 amide bonds. The fourth-order valence-electron chi connectivity index (χ4n) is 2.18. The molecular formula is C16H23ClIN5. The van der Waals surface area contributed by atoms with Crippen molar-refractivity contribution < 1.29 is 0 Å². The lowest BCUT2D eigenvalue weighted by atomic mass is 10.1. The number of guanidine groups is 1. The zero-order valence-corrected chi connectivity index (χ0v) is 16.7. The van der Waals surface area contributed by atoms with E-state index in [9.17, 15) is 0 Å². The number of hydrogen-bond acceptors (Lipinski definition) is 2. The van der Waals surface area contributed by atoms with E-state index in [1.807, 2.05) is 48.3 Å². The van der Waals surface area contributed by atoms with E-state index in [1.165, 1.54) is 0 Å². The first-order valence-electron chi connectivity index (χ1n) is 7.31. The SMILES string of the molecule is CN=C(NCCn1cc(C)cn1)NC(C)c1ccccc1Cl.I. The predicted octanol–water partition coefficient (Wildman–Crippen LogP) is 3.39. The van der Waals surface area contributed by atoms with Crippen molar-refractivity contribution in [3.05, 3.63) is 52.8 Å². The number of aryl methyl sites for hydroxylation is 1. The highest BCUT2D eigenvalue weighted by molar-refractivity contribution is 14.0. The van der Waals surface area contributed by atoms with Crippen LogP contribution in [0.5, 0.6) is 0 Å². The van der Waals surface area contributed by atoms with Crippen molar-refractivity contribution in [3.63, 3.8) is 0 Å². The topological polar surface area (TPSA) is 54.2 Å². The number of rotatable bonds is 5. The molecule has 0 radical (unpaired) electrons. The molecule has 1 heterocycles. The molecule has 2 aromatic rings. The summed E-state index contributed by atoms with van der Waals surface area (Å²) in [7, 11) is 1.76. The van der Waals surface area contributed by atoms with E-state index in [4.69, 9.17) is 11.6 Å². The van der Waals surface area contributed by atoms with Crippen molar-refractivity contribution in [2.24, 2.45) is 4.99 Å². The number of nitrogens with zero attached hydrogens (tertiary/aromatic N) is 3. The molecule has 1 aromatic heterocycles. The Labute approximate surface area is 159 Å². The molecule has 0 bridgehead atoms. The molecule has 126 valence electrons. The Kier molecular flexibility index (Phi) is 8.40. The molecule has 0 aliphatic heterocycles.